The van der Waals surface area contributed by atoms with Crippen LogP contribution in [-0.4, -0.2) is 46.5 Å². The first-order valence-electron chi connectivity index (χ1n) is 7.29. The number of carbonyl (C=O) groups excluding carboxylic acids is 1. The Morgan fingerprint density at radius 2 is 2.04 bits per heavy atom. The molecule has 0 amide bonds. The molecule has 1 fully saturated rings. The Hall–Kier alpha value is -2.31. The van der Waals surface area contributed by atoms with E-state index in [9.17, 15) is 20.1 Å². The second kappa shape index (κ2) is 4.37. The van der Waals surface area contributed by atoms with E-state index >= 15 is 0 Å². The molecule has 1 aliphatic heterocycles. The van der Waals surface area contributed by atoms with Crippen molar-refractivity contribution in [2.24, 2.45) is 0 Å². The second-order valence-electron chi connectivity index (χ2n) is 6.30. The Morgan fingerprint density at radius 3 is 2.78 bits per heavy atom. The molecule has 3 N–H and O–H groups in total. The fraction of sp³-hybridized carbons (Fsp3) is 0.353. The second-order valence-corrected chi connectivity index (χ2v) is 6.30. The first-order valence-corrected chi connectivity index (χ1v) is 7.29. The molecule has 1 aromatic carbocycles. The summed E-state index contributed by atoms with van der Waals surface area (Å²) >= 11 is 0. The fourth-order valence-corrected chi connectivity index (χ4v) is 4.07. The molecule has 1 heterocycles. The number of rotatable bonds is 1. The van der Waals surface area contributed by atoms with E-state index in [1.807, 2.05) is 0 Å². The van der Waals surface area contributed by atoms with Gasteiger partial charge in [-0.15, -0.1) is 0 Å². The summed E-state index contributed by atoms with van der Waals surface area (Å²) < 4.78 is 11.3. The molecule has 3 aliphatic rings. The number of ketones is 1. The van der Waals surface area contributed by atoms with Crippen molar-refractivity contribution in [2.75, 3.05) is 13.7 Å². The molecule has 2 bridgehead atoms. The summed E-state index contributed by atoms with van der Waals surface area (Å²) in [7, 11) is 1.50. The lowest BCUT2D eigenvalue weighted by molar-refractivity contribution is -0.182. The number of aromatic hydroxyl groups is 2. The molecule has 0 saturated carbocycles. The number of methoxy groups -OCH3 is 1. The van der Waals surface area contributed by atoms with Gasteiger partial charge in [-0.2, -0.15) is 0 Å². The average molecular weight is 316 g/mol. The standard InChI is InChI=1S/C17H16O6/c1-22-15-16(21)7-9-4-12(19)13(20)6-11(9)17(15)3-2-10(18)5-14(17)23-8-16/h2-6,15,19-21H,7-8H2,1H3/t15-,16+,17+/m0/s1. The van der Waals surface area contributed by atoms with Crippen LogP contribution in [-0.2, 0) is 26.1 Å². The van der Waals surface area contributed by atoms with Gasteiger partial charge in [0, 0.05) is 19.6 Å². The zero-order valence-electron chi connectivity index (χ0n) is 12.4. The Labute approximate surface area is 132 Å². The van der Waals surface area contributed by atoms with Crippen LogP contribution in [0.2, 0.25) is 0 Å². The largest absolute Gasteiger partial charge is 0.504 e. The van der Waals surface area contributed by atoms with Gasteiger partial charge in [0.2, 0.25) is 0 Å². The number of aliphatic hydroxyl groups is 1. The lowest BCUT2D eigenvalue weighted by atomic mass is 9.58. The maximum Gasteiger partial charge on any atom is 0.181 e. The third-order valence-corrected chi connectivity index (χ3v) is 4.95. The predicted molar refractivity (Wildman–Crippen MR) is 79.1 cm³/mol. The van der Waals surface area contributed by atoms with E-state index in [4.69, 9.17) is 9.47 Å². The number of fused-ring (bicyclic) bond motifs is 2. The first kappa shape index (κ1) is 14.3. The van der Waals surface area contributed by atoms with Crippen molar-refractivity contribution in [3.8, 4) is 11.5 Å². The number of carbonyl (C=O) groups is 1. The molecule has 6 heteroatoms. The zero-order chi connectivity index (χ0) is 16.4. The van der Waals surface area contributed by atoms with Crippen molar-refractivity contribution in [3.63, 3.8) is 0 Å². The third-order valence-electron chi connectivity index (χ3n) is 4.95. The monoisotopic (exact) mass is 316 g/mol. The van der Waals surface area contributed by atoms with Crippen molar-refractivity contribution >= 4 is 5.78 Å². The van der Waals surface area contributed by atoms with Crippen LogP contribution in [0.15, 0.2) is 36.1 Å². The molecule has 6 nitrogen and oxygen atoms in total. The topological polar surface area (TPSA) is 96.2 Å². The summed E-state index contributed by atoms with van der Waals surface area (Å²) in [6.45, 7) is -0.0126. The quantitative estimate of drug-likeness (QED) is 0.660. The molecule has 4 rings (SSSR count). The van der Waals surface area contributed by atoms with Gasteiger partial charge < -0.3 is 24.8 Å². The lowest BCUT2D eigenvalue weighted by Crippen LogP contribution is -2.66. The number of phenols is 2. The van der Waals surface area contributed by atoms with Crippen molar-refractivity contribution in [3.05, 3.63) is 47.2 Å². The zero-order valence-corrected chi connectivity index (χ0v) is 12.4. The van der Waals surface area contributed by atoms with Gasteiger partial charge in [0.15, 0.2) is 17.3 Å². The summed E-state index contributed by atoms with van der Waals surface area (Å²) in [5.41, 5.74) is -0.968. The van der Waals surface area contributed by atoms with Crippen LogP contribution in [0, 0.1) is 0 Å². The number of hydrogen-bond donors (Lipinski definition) is 3. The molecule has 120 valence electrons. The Morgan fingerprint density at radius 1 is 1.30 bits per heavy atom. The van der Waals surface area contributed by atoms with Crippen LogP contribution < -0.4 is 0 Å². The van der Waals surface area contributed by atoms with Crippen LogP contribution in [0.5, 0.6) is 11.5 Å². The average Bonchev–Trinajstić information content (AvgIpc) is 2.50. The van der Waals surface area contributed by atoms with Gasteiger partial charge in [-0.1, -0.05) is 6.08 Å². The molecule has 0 radical (unpaired) electrons. The van der Waals surface area contributed by atoms with Crippen LogP contribution >= 0.6 is 0 Å². The molecule has 1 spiro atoms. The third kappa shape index (κ3) is 1.67. The first-order chi connectivity index (χ1) is 10.9. The normalized spacial score (nSPS) is 34.3. The van der Waals surface area contributed by atoms with Crippen molar-refractivity contribution in [1.82, 2.24) is 0 Å². The maximum absolute atomic E-state index is 11.7. The number of phenolic OH excluding ortho intramolecular Hbond substituents is 2. The number of ether oxygens (including phenoxy) is 2. The summed E-state index contributed by atoms with van der Waals surface area (Å²) in [6.07, 6.45) is 3.98. The van der Waals surface area contributed by atoms with Crippen LogP contribution in [0.25, 0.3) is 0 Å². The van der Waals surface area contributed by atoms with E-state index in [0.29, 0.717) is 16.9 Å². The van der Waals surface area contributed by atoms with E-state index in [2.05, 4.69) is 0 Å². The van der Waals surface area contributed by atoms with E-state index in [-0.39, 0.29) is 30.3 Å². The maximum atomic E-state index is 11.7. The minimum Gasteiger partial charge on any atom is -0.504 e. The van der Waals surface area contributed by atoms with Crippen molar-refractivity contribution < 1.29 is 29.6 Å². The SMILES string of the molecule is CO[C@H]1[C@]2(O)COC3=CC(=O)C=C[C@@]31c1cc(O)c(O)cc1C2. The molecule has 23 heavy (non-hydrogen) atoms. The van der Waals surface area contributed by atoms with Crippen LogP contribution in [0.3, 0.4) is 0 Å². The smallest absolute Gasteiger partial charge is 0.181 e. The number of allylic oxidation sites excluding steroid dienone is 2. The van der Waals surface area contributed by atoms with Crippen LogP contribution in [0.1, 0.15) is 11.1 Å². The summed E-state index contributed by atoms with van der Waals surface area (Å²) in [4.78, 5) is 11.7. The Balaban J connectivity index is 2.06. The molecule has 1 aromatic rings. The molecule has 2 aliphatic carbocycles. The fourth-order valence-electron chi connectivity index (χ4n) is 4.07. The van der Waals surface area contributed by atoms with Gasteiger partial charge in [-0.05, 0) is 29.3 Å². The highest BCUT2D eigenvalue weighted by atomic mass is 16.5. The predicted octanol–water partition coefficient (Wildman–Crippen LogP) is 0.691. The van der Waals surface area contributed by atoms with Gasteiger partial charge in [0.05, 0.1) is 0 Å². The number of hydrogen-bond acceptors (Lipinski definition) is 6. The molecule has 0 aromatic heterocycles. The van der Waals surface area contributed by atoms with Crippen molar-refractivity contribution in [1.29, 1.82) is 0 Å². The van der Waals surface area contributed by atoms with Gasteiger partial charge in [-0.3, -0.25) is 4.79 Å². The molecular formula is C17H16O6. The van der Waals surface area contributed by atoms with E-state index in [1.54, 1.807) is 6.08 Å². The minimum absolute atomic E-state index is 0.0126. The van der Waals surface area contributed by atoms with E-state index < -0.39 is 17.1 Å². The number of benzene rings is 1. The van der Waals surface area contributed by atoms with Gasteiger partial charge in [-0.25, -0.2) is 0 Å². The van der Waals surface area contributed by atoms with E-state index in [1.165, 1.54) is 31.4 Å². The van der Waals surface area contributed by atoms with Gasteiger partial charge in [0.25, 0.3) is 0 Å². The molecule has 3 atom stereocenters. The molecular weight excluding hydrogens is 300 g/mol. The van der Waals surface area contributed by atoms with Gasteiger partial charge >= 0.3 is 0 Å². The van der Waals surface area contributed by atoms with Crippen LogP contribution in [0.4, 0.5) is 0 Å². The summed E-state index contributed by atoms with van der Waals surface area (Å²) in [5, 5.41) is 30.8. The highest BCUT2D eigenvalue weighted by Gasteiger charge is 2.62. The Bertz CT molecular complexity index is 780. The highest BCUT2D eigenvalue weighted by molar-refractivity contribution is 6.01. The summed E-state index contributed by atoms with van der Waals surface area (Å²) in [6, 6.07) is 2.88. The minimum atomic E-state index is -1.30. The van der Waals surface area contributed by atoms with E-state index in [0.717, 1.165) is 0 Å². The van der Waals surface area contributed by atoms with Crippen molar-refractivity contribution in [2.45, 2.75) is 23.5 Å². The Kier molecular flexibility index (Phi) is 2.71. The van der Waals surface area contributed by atoms with Gasteiger partial charge in [0.1, 0.15) is 29.5 Å². The summed E-state index contributed by atoms with van der Waals surface area (Å²) in [5.74, 6) is -0.345. The molecule has 0 unspecified atom stereocenters. The molecule has 1 saturated heterocycles. The lowest BCUT2D eigenvalue weighted by Gasteiger charge is -2.55. The highest BCUT2D eigenvalue weighted by Crippen LogP contribution is 2.55.